The maximum absolute atomic E-state index is 10.6. The fourth-order valence-corrected chi connectivity index (χ4v) is 1.89. The molecule has 1 saturated heterocycles. The van der Waals surface area contributed by atoms with Crippen molar-refractivity contribution >= 4 is 5.97 Å². The van der Waals surface area contributed by atoms with Crippen molar-refractivity contribution in [1.29, 1.82) is 0 Å². The molecule has 0 unspecified atom stereocenters. The van der Waals surface area contributed by atoms with E-state index in [0.29, 0.717) is 0 Å². The Kier molecular flexibility index (Phi) is 5.36. The number of carbonyl (C=O) groups is 1. The minimum Gasteiger partial charge on any atom is -0.480 e. The summed E-state index contributed by atoms with van der Waals surface area (Å²) in [6.07, 6.45) is 1.00. The predicted octanol–water partition coefficient (Wildman–Crippen LogP) is 0.504. The van der Waals surface area contributed by atoms with Crippen molar-refractivity contribution in [3.05, 3.63) is 0 Å². The quantitative estimate of drug-likeness (QED) is 0.737. The van der Waals surface area contributed by atoms with Crippen LogP contribution in [-0.4, -0.2) is 72.9 Å². The number of aliphatic carboxylic acids is 1. The van der Waals surface area contributed by atoms with E-state index in [1.54, 1.807) is 7.11 Å². The minimum atomic E-state index is -0.737. The zero-order valence-electron chi connectivity index (χ0n) is 11.1. The van der Waals surface area contributed by atoms with Crippen LogP contribution in [0.5, 0.6) is 0 Å². The highest BCUT2D eigenvalue weighted by molar-refractivity contribution is 5.69. The Morgan fingerprint density at radius 1 is 1.24 bits per heavy atom. The molecule has 100 valence electrons. The van der Waals surface area contributed by atoms with E-state index in [2.05, 4.69) is 18.7 Å². The number of methoxy groups -OCH3 is 1. The molecule has 1 aliphatic rings. The molecule has 5 nitrogen and oxygen atoms in total. The molecule has 1 aliphatic heterocycles. The highest BCUT2D eigenvalue weighted by atomic mass is 16.5. The first-order valence-electron chi connectivity index (χ1n) is 6.14. The average Bonchev–Trinajstić information content (AvgIpc) is 2.28. The third-order valence-corrected chi connectivity index (χ3v) is 3.41. The van der Waals surface area contributed by atoms with Gasteiger partial charge in [-0.25, -0.2) is 0 Å². The highest BCUT2D eigenvalue weighted by Crippen LogP contribution is 2.14. The van der Waals surface area contributed by atoms with Crippen LogP contribution < -0.4 is 0 Å². The first-order valence-corrected chi connectivity index (χ1v) is 6.14. The van der Waals surface area contributed by atoms with Gasteiger partial charge in [-0.05, 0) is 20.3 Å². The number of piperazine rings is 1. The summed E-state index contributed by atoms with van der Waals surface area (Å²) in [5, 5.41) is 8.70. The van der Waals surface area contributed by atoms with Gasteiger partial charge in [0, 0.05) is 39.8 Å². The molecule has 0 aromatic carbocycles. The fraction of sp³-hybridized carbons (Fsp3) is 0.917. The van der Waals surface area contributed by atoms with E-state index >= 15 is 0 Å². The molecule has 0 aliphatic carbocycles. The number of rotatable bonds is 6. The SMILES string of the molecule is COC(C)(C)CCN1CCN(CC(=O)O)CC1. The maximum atomic E-state index is 10.6. The summed E-state index contributed by atoms with van der Waals surface area (Å²) >= 11 is 0. The number of carboxylic acids is 1. The predicted molar refractivity (Wildman–Crippen MR) is 66.2 cm³/mol. The number of nitrogens with zero attached hydrogens (tertiary/aromatic N) is 2. The summed E-state index contributed by atoms with van der Waals surface area (Å²) in [5.74, 6) is -0.737. The van der Waals surface area contributed by atoms with E-state index in [-0.39, 0.29) is 12.1 Å². The average molecular weight is 244 g/mol. The van der Waals surface area contributed by atoms with Crippen molar-refractivity contribution in [3.63, 3.8) is 0 Å². The van der Waals surface area contributed by atoms with E-state index < -0.39 is 5.97 Å². The molecule has 17 heavy (non-hydrogen) atoms. The lowest BCUT2D eigenvalue weighted by Crippen LogP contribution is -2.48. The van der Waals surface area contributed by atoms with E-state index in [1.807, 2.05) is 4.90 Å². The van der Waals surface area contributed by atoms with Crippen LogP contribution in [-0.2, 0) is 9.53 Å². The van der Waals surface area contributed by atoms with E-state index in [0.717, 1.165) is 39.1 Å². The van der Waals surface area contributed by atoms with Gasteiger partial charge in [-0.2, -0.15) is 0 Å². The van der Waals surface area contributed by atoms with Gasteiger partial charge in [0.1, 0.15) is 0 Å². The molecule has 1 heterocycles. The van der Waals surface area contributed by atoms with Gasteiger partial charge in [0.05, 0.1) is 12.1 Å². The second kappa shape index (κ2) is 6.33. The van der Waals surface area contributed by atoms with Gasteiger partial charge in [0.2, 0.25) is 0 Å². The zero-order valence-corrected chi connectivity index (χ0v) is 11.1. The van der Waals surface area contributed by atoms with Gasteiger partial charge in [-0.1, -0.05) is 0 Å². The summed E-state index contributed by atoms with van der Waals surface area (Å²) in [5.41, 5.74) is -0.0712. The van der Waals surface area contributed by atoms with Gasteiger partial charge in [0.15, 0.2) is 0 Å². The van der Waals surface area contributed by atoms with Crippen LogP contribution in [0.1, 0.15) is 20.3 Å². The third-order valence-electron chi connectivity index (χ3n) is 3.41. The lowest BCUT2D eigenvalue weighted by molar-refractivity contribution is -0.138. The lowest BCUT2D eigenvalue weighted by Gasteiger charge is -2.35. The topological polar surface area (TPSA) is 53.0 Å². The van der Waals surface area contributed by atoms with Crippen LogP contribution >= 0.6 is 0 Å². The van der Waals surface area contributed by atoms with Gasteiger partial charge in [-0.15, -0.1) is 0 Å². The van der Waals surface area contributed by atoms with Crippen molar-refractivity contribution < 1.29 is 14.6 Å². The molecule has 0 radical (unpaired) electrons. The van der Waals surface area contributed by atoms with Crippen molar-refractivity contribution in [2.45, 2.75) is 25.9 Å². The normalized spacial score (nSPS) is 19.5. The first-order chi connectivity index (χ1) is 7.93. The Balaban J connectivity index is 2.21. The molecule has 0 amide bonds. The Morgan fingerprint density at radius 2 is 1.76 bits per heavy atom. The van der Waals surface area contributed by atoms with Crippen LogP contribution in [0.3, 0.4) is 0 Å². The van der Waals surface area contributed by atoms with Gasteiger partial charge >= 0.3 is 5.97 Å². The van der Waals surface area contributed by atoms with Crippen LogP contribution in [0.25, 0.3) is 0 Å². The van der Waals surface area contributed by atoms with Crippen LogP contribution in [0.15, 0.2) is 0 Å². The fourth-order valence-electron chi connectivity index (χ4n) is 1.89. The van der Waals surface area contributed by atoms with E-state index in [9.17, 15) is 4.79 Å². The molecular weight excluding hydrogens is 220 g/mol. The van der Waals surface area contributed by atoms with Gasteiger partial charge in [0.25, 0.3) is 0 Å². The summed E-state index contributed by atoms with van der Waals surface area (Å²) in [4.78, 5) is 14.9. The molecule has 1 N–H and O–H groups in total. The molecule has 0 spiro atoms. The first kappa shape index (κ1) is 14.4. The Morgan fingerprint density at radius 3 is 2.24 bits per heavy atom. The van der Waals surface area contributed by atoms with Crippen molar-refractivity contribution in [1.82, 2.24) is 9.80 Å². The number of ether oxygens (including phenoxy) is 1. The lowest BCUT2D eigenvalue weighted by atomic mass is 10.0. The Labute approximate surface area is 103 Å². The largest absolute Gasteiger partial charge is 0.480 e. The third kappa shape index (κ3) is 5.48. The van der Waals surface area contributed by atoms with Crippen molar-refractivity contribution in [2.75, 3.05) is 46.4 Å². The number of hydrogen-bond donors (Lipinski definition) is 1. The molecule has 0 saturated carbocycles. The molecular formula is C12H24N2O3. The number of carboxylic acid groups (broad SMARTS) is 1. The van der Waals surface area contributed by atoms with Crippen LogP contribution in [0.2, 0.25) is 0 Å². The minimum absolute atomic E-state index is 0.0712. The molecule has 0 atom stereocenters. The molecule has 0 bridgehead atoms. The molecule has 5 heteroatoms. The van der Waals surface area contributed by atoms with E-state index in [1.165, 1.54) is 0 Å². The summed E-state index contributed by atoms with van der Waals surface area (Å²) in [7, 11) is 1.74. The standard InChI is InChI=1S/C12H24N2O3/c1-12(2,17-3)4-5-13-6-8-14(9-7-13)10-11(15)16/h4-10H2,1-3H3,(H,15,16). The van der Waals surface area contributed by atoms with E-state index in [4.69, 9.17) is 9.84 Å². The zero-order chi connectivity index (χ0) is 12.9. The van der Waals surface area contributed by atoms with Crippen molar-refractivity contribution in [3.8, 4) is 0 Å². The molecule has 1 rings (SSSR count). The molecule has 0 aromatic rings. The smallest absolute Gasteiger partial charge is 0.317 e. The van der Waals surface area contributed by atoms with Crippen molar-refractivity contribution in [2.24, 2.45) is 0 Å². The van der Waals surface area contributed by atoms with Crippen LogP contribution in [0, 0.1) is 0 Å². The van der Waals surface area contributed by atoms with Crippen LogP contribution in [0.4, 0.5) is 0 Å². The highest BCUT2D eigenvalue weighted by Gasteiger charge is 2.21. The second-order valence-electron chi connectivity index (χ2n) is 5.23. The Hall–Kier alpha value is -0.650. The summed E-state index contributed by atoms with van der Waals surface area (Å²) in [6, 6.07) is 0. The monoisotopic (exact) mass is 244 g/mol. The molecule has 1 fully saturated rings. The van der Waals surface area contributed by atoms with Gasteiger partial charge in [-0.3, -0.25) is 9.69 Å². The maximum Gasteiger partial charge on any atom is 0.317 e. The number of hydrogen-bond acceptors (Lipinski definition) is 4. The molecule has 0 aromatic heterocycles. The Bertz CT molecular complexity index is 248. The second-order valence-corrected chi connectivity index (χ2v) is 5.23. The van der Waals surface area contributed by atoms with Gasteiger partial charge < -0.3 is 14.7 Å². The summed E-state index contributed by atoms with van der Waals surface area (Å²) in [6.45, 7) is 8.96. The summed E-state index contributed by atoms with van der Waals surface area (Å²) < 4.78 is 5.39.